The number of nitrogens with one attached hydrogen (secondary N) is 1. The summed E-state index contributed by atoms with van der Waals surface area (Å²) in [5, 5.41) is 13.6. The zero-order valence-electron chi connectivity index (χ0n) is 14.3. The summed E-state index contributed by atoms with van der Waals surface area (Å²) in [4.78, 5) is 23.8. The number of hydrogen-bond acceptors (Lipinski definition) is 6. The number of carboxylic acids is 1. The van der Waals surface area contributed by atoms with Crippen molar-refractivity contribution in [3.05, 3.63) is 36.2 Å². The molecule has 3 aliphatic heterocycles. The first-order valence-corrected chi connectivity index (χ1v) is 9.86. The van der Waals surface area contributed by atoms with Gasteiger partial charge in [0.1, 0.15) is 5.03 Å². The maximum absolute atomic E-state index is 11.4. The molecule has 2 unspecified atom stereocenters. The molecule has 26 heavy (non-hydrogen) atoms. The first kappa shape index (κ1) is 16.1. The van der Waals surface area contributed by atoms with Crippen LogP contribution in [0.15, 0.2) is 40.5 Å². The number of nitrogens with zero attached hydrogens (tertiary/aromatic N) is 3. The van der Waals surface area contributed by atoms with E-state index in [1.165, 1.54) is 5.56 Å². The number of fused-ring (bicyclic) bond motifs is 4. The van der Waals surface area contributed by atoms with Crippen LogP contribution in [0.5, 0.6) is 0 Å². The molecular weight excluding hydrogens is 348 g/mol. The fraction of sp³-hybridized carbons (Fsp3) is 0.421. The van der Waals surface area contributed by atoms with Crippen LogP contribution in [0.2, 0.25) is 0 Å². The summed E-state index contributed by atoms with van der Waals surface area (Å²) in [6.07, 6.45) is 7.23. The van der Waals surface area contributed by atoms with Crippen LogP contribution in [-0.4, -0.2) is 38.0 Å². The lowest BCUT2D eigenvalue weighted by Gasteiger charge is -2.37. The largest absolute Gasteiger partial charge is 0.481 e. The lowest BCUT2D eigenvalue weighted by atomic mass is 9.90. The average molecular weight is 368 g/mol. The molecule has 6 nitrogen and oxygen atoms in total. The molecule has 2 bridgehead atoms. The number of aliphatic carboxylic acids is 1. The van der Waals surface area contributed by atoms with Crippen LogP contribution in [0.4, 0.5) is 11.5 Å². The number of anilines is 2. The number of aromatic nitrogens is 2. The number of carboxylic acid groups (broad SMARTS) is 1. The zero-order valence-corrected chi connectivity index (χ0v) is 15.1. The standard InChI is InChI=1S/C19H20N4O2S/c24-19(25)12-8-13-2-3-14(9-12)23(13)10-11-1-4-16-15(7-11)22-17-18(26-16)21-6-5-20-17/h1,4-7,12-14H,2-3,8-10H2,(H,20,22)(H,24,25). The molecule has 1 aromatic carbocycles. The molecule has 0 aliphatic carbocycles. The number of benzene rings is 1. The van der Waals surface area contributed by atoms with Crippen LogP contribution in [0.1, 0.15) is 31.2 Å². The minimum atomic E-state index is -0.628. The number of carbonyl (C=O) groups is 1. The van der Waals surface area contributed by atoms with Crippen LogP contribution in [0, 0.1) is 5.92 Å². The van der Waals surface area contributed by atoms with Crippen molar-refractivity contribution in [3.8, 4) is 0 Å². The minimum absolute atomic E-state index is 0.166. The van der Waals surface area contributed by atoms with Crippen molar-refractivity contribution >= 4 is 29.2 Å². The van der Waals surface area contributed by atoms with Crippen molar-refractivity contribution in [2.24, 2.45) is 5.92 Å². The lowest BCUT2D eigenvalue weighted by Crippen LogP contribution is -2.44. The second kappa shape index (κ2) is 6.25. The Morgan fingerprint density at radius 2 is 2.00 bits per heavy atom. The SMILES string of the molecule is O=C(O)C1CC2CCC(C1)N2Cc1ccc2c(c1)Nc1nccnc1S2. The topological polar surface area (TPSA) is 78.4 Å². The molecule has 2 saturated heterocycles. The molecule has 5 rings (SSSR count). The third kappa shape index (κ3) is 2.75. The van der Waals surface area contributed by atoms with Gasteiger partial charge in [0.25, 0.3) is 0 Å². The molecule has 7 heteroatoms. The van der Waals surface area contributed by atoms with Crippen molar-refractivity contribution in [1.29, 1.82) is 0 Å². The second-order valence-electron chi connectivity index (χ2n) is 7.33. The monoisotopic (exact) mass is 368 g/mol. The van der Waals surface area contributed by atoms with Crippen molar-refractivity contribution in [2.75, 3.05) is 5.32 Å². The van der Waals surface area contributed by atoms with Crippen LogP contribution >= 0.6 is 11.8 Å². The lowest BCUT2D eigenvalue weighted by molar-refractivity contribution is -0.144. The average Bonchev–Trinajstić information content (AvgIpc) is 2.87. The molecule has 134 valence electrons. The van der Waals surface area contributed by atoms with E-state index in [1.54, 1.807) is 24.2 Å². The molecule has 3 aliphatic rings. The van der Waals surface area contributed by atoms with E-state index in [4.69, 9.17) is 0 Å². The van der Waals surface area contributed by atoms with Gasteiger partial charge in [0.05, 0.1) is 11.6 Å². The molecule has 0 radical (unpaired) electrons. The third-order valence-corrected chi connectivity index (χ3v) is 6.84. The molecule has 2 fully saturated rings. The van der Waals surface area contributed by atoms with E-state index in [2.05, 4.69) is 38.4 Å². The summed E-state index contributed by atoms with van der Waals surface area (Å²) < 4.78 is 0. The summed E-state index contributed by atoms with van der Waals surface area (Å²) in [6, 6.07) is 7.33. The van der Waals surface area contributed by atoms with Gasteiger partial charge in [-0.05, 0) is 43.4 Å². The fourth-order valence-corrected chi connectivity index (χ4v) is 5.40. The van der Waals surface area contributed by atoms with Crippen LogP contribution in [0.3, 0.4) is 0 Å². The molecule has 2 atom stereocenters. The van der Waals surface area contributed by atoms with E-state index in [1.807, 2.05) is 0 Å². The van der Waals surface area contributed by atoms with Gasteiger partial charge in [0, 0.05) is 35.9 Å². The normalized spacial score (nSPS) is 26.7. The molecule has 2 aromatic rings. The highest BCUT2D eigenvalue weighted by Gasteiger charge is 2.42. The fourth-order valence-electron chi connectivity index (χ4n) is 4.52. The van der Waals surface area contributed by atoms with E-state index in [0.29, 0.717) is 12.1 Å². The Kier molecular flexibility index (Phi) is 3.86. The highest BCUT2D eigenvalue weighted by Crippen LogP contribution is 2.43. The summed E-state index contributed by atoms with van der Waals surface area (Å²) in [5.41, 5.74) is 2.34. The van der Waals surface area contributed by atoms with Crippen LogP contribution in [0.25, 0.3) is 0 Å². The van der Waals surface area contributed by atoms with Gasteiger partial charge in [-0.3, -0.25) is 9.69 Å². The van der Waals surface area contributed by atoms with Gasteiger partial charge in [0.15, 0.2) is 5.82 Å². The molecule has 0 saturated carbocycles. The summed E-state index contributed by atoms with van der Waals surface area (Å²) in [7, 11) is 0. The highest BCUT2D eigenvalue weighted by molar-refractivity contribution is 7.99. The Bertz CT molecular complexity index is 860. The number of hydrogen-bond donors (Lipinski definition) is 2. The van der Waals surface area contributed by atoms with Crippen molar-refractivity contribution in [3.63, 3.8) is 0 Å². The van der Waals surface area contributed by atoms with E-state index < -0.39 is 5.97 Å². The first-order chi connectivity index (χ1) is 12.7. The smallest absolute Gasteiger partial charge is 0.306 e. The first-order valence-electron chi connectivity index (χ1n) is 9.05. The highest BCUT2D eigenvalue weighted by atomic mass is 32.2. The molecule has 1 aromatic heterocycles. The van der Waals surface area contributed by atoms with Gasteiger partial charge in [0.2, 0.25) is 0 Å². The van der Waals surface area contributed by atoms with E-state index in [0.717, 1.165) is 53.7 Å². The van der Waals surface area contributed by atoms with Crippen LogP contribution < -0.4 is 5.32 Å². The predicted molar refractivity (Wildman–Crippen MR) is 98.6 cm³/mol. The van der Waals surface area contributed by atoms with E-state index in [9.17, 15) is 9.90 Å². The second-order valence-corrected chi connectivity index (χ2v) is 8.36. The van der Waals surface area contributed by atoms with E-state index >= 15 is 0 Å². The maximum atomic E-state index is 11.4. The van der Waals surface area contributed by atoms with Gasteiger partial charge in [-0.25, -0.2) is 9.97 Å². The van der Waals surface area contributed by atoms with Crippen molar-refractivity contribution in [2.45, 2.75) is 54.2 Å². The van der Waals surface area contributed by atoms with Crippen LogP contribution in [-0.2, 0) is 11.3 Å². The maximum Gasteiger partial charge on any atom is 0.306 e. The molecular formula is C19H20N4O2S. The van der Waals surface area contributed by atoms with Gasteiger partial charge in [-0.1, -0.05) is 17.8 Å². The van der Waals surface area contributed by atoms with Crippen molar-refractivity contribution in [1.82, 2.24) is 14.9 Å². The number of piperidine rings is 1. The Labute approximate surface area is 156 Å². The molecule has 4 heterocycles. The Hall–Kier alpha value is -2.12. The van der Waals surface area contributed by atoms with Gasteiger partial charge in [-0.15, -0.1) is 0 Å². The predicted octanol–water partition coefficient (Wildman–Crippen LogP) is 3.51. The Morgan fingerprint density at radius 3 is 2.77 bits per heavy atom. The summed E-state index contributed by atoms with van der Waals surface area (Å²) in [5.74, 6) is 0.0150. The molecule has 2 N–H and O–H groups in total. The Morgan fingerprint density at radius 1 is 1.23 bits per heavy atom. The zero-order chi connectivity index (χ0) is 17.7. The molecule has 0 spiro atoms. The summed E-state index contributed by atoms with van der Waals surface area (Å²) in [6.45, 7) is 0.884. The van der Waals surface area contributed by atoms with Gasteiger partial charge < -0.3 is 10.4 Å². The quantitative estimate of drug-likeness (QED) is 0.732. The van der Waals surface area contributed by atoms with Crippen molar-refractivity contribution < 1.29 is 9.90 Å². The minimum Gasteiger partial charge on any atom is -0.481 e. The molecule has 0 amide bonds. The Balaban J connectivity index is 1.35. The van der Waals surface area contributed by atoms with E-state index in [-0.39, 0.29) is 5.92 Å². The summed E-state index contributed by atoms with van der Waals surface area (Å²) >= 11 is 1.64. The van der Waals surface area contributed by atoms with Gasteiger partial charge >= 0.3 is 5.97 Å². The third-order valence-electron chi connectivity index (χ3n) is 5.77. The van der Waals surface area contributed by atoms with Gasteiger partial charge in [-0.2, -0.15) is 0 Å². The number of rotatable bonds is 3.